The van der Waals surface area contributed by atoms with E-state index in [0.717, 1.165) is 69.3 Å². The number of nitrogens with zero attached hydrogens (tertiary/aromatic N) is 3. The summed E-state index contributed by atoms with van der Waals surface area (Å²) >= 11 is 0. The molecule has 4 aromatic carbocycles. The molecule has 0 aliphatic rings. The number of aliphatic imine (C=N–C) groups is 1. The van der Waals surface area contributed by atoms with Crippen molar-refractivity contribution in [3.63, 3.8) is 0 Å². The van der Waals surface area contributed by atoms with Gasteiger partial charge >= 0.3 is 0 Å². The van der Waals surface area contributed by atoms with E-state index >= 15 is 0 Å². The first-order valence-electron chi connectivity index (χ1n) is 14.7. The van der Waals surface area contributed by atoms with Gasteiger partial charge in [0.25, 0.3) is 5.91 Å². The number of hydrogen-bond acceptors (Lipinski definition) is 6. The van der Waals surface area contributed by atoms with Crippen LogP contribution >= 0.6 is 0 Å². The van der Waals surface area contributed by atoms with E-state index in [1.807, 2.05) is 80.6 Å². The van der Waals surface area contributed by atoms with Gasteiger partial charge in [-0.1, -0.05) is 60.2 Å². The Hall–Kier alpha value is -5.63. The highest BCUT2D eigenvalue weighted by Crippen LogP contribution is 2.24. The fraction of sp³-hybridized carbons (Fsp3) is 0.162. The van der Waals surface area contributed by atoms with Gasteiger partial charge in [0.1, 0.15) is 11.3 Å². The van der Waals surface area contributed by atoms with E-state index in [0.29, 0.717) is 24.2 Å². The lowest BCUT2D eigenvalue weighted by molar-refractivity contribution is -0.106. The zero-order valence-corrected chi connectivity index (χ0v) is 25.2. The molecule has 0 fully saturated rings. The second kappa shape index (κ2) is 14.7. The maximum absolute atomic E-state index is 12.7. The summed E-state index contributed by atoms with van der Waals surface area (Å²) in [5.41, 5.74) is 8.38. The van der Waals surface area contributed by atoms with Gasteiger partial charge in [0.15, 0.2) is 5.76 Å². The molecule has 2 N–H and O–H groups in total. The van der Waals surface area contributed by atoms with Gasteiger partial charge in [-0.25, -0.2) is 4.99 Å². The van der Waals surface area contributed by atoms with Crippen molar-refractivity contribution in [1.82, 2.24) is 9.97 Å². The van der Waals surface area contributed by atoms with Crippen LogP contribution in [0.1, 0.15) is 46.2 Å². The number of carbonyl (C=O) groups excluding carboxylic acids is 2. The van der Waals surface area contributed by atoms with Gasteiger partial charge in [0.2, 0.25) is 6.41 Å². The number of phenolic OH excluding ortho intramolecular Hbond substituents is 1. The quantitative estimate of drug-likeness (QED) is 0.130. The third kappa shape index (κ3) is 8.26. The third-order valence-corrected chi connectivity index (χ3v) is 7.28. The molecule has 0 atom stereocenters. The minimum absolute atomic E-state index is 0.251. The summed E-state index contributed by atoms with van der Waals surface area (Å²) in [5, 5.41) is 13.5. The molecule has 2 heterocycles. The highest BCUT2D eigenvalue weighted by Gasteiger charge is 2.14. The van der Waals surface area contributed by atoms with Crippen LogP contribution in [0.3, 0.4) is 0 Å². The van der Waals surface area contributed by atoms with Gasteiger partial charge < -0.3 is 14.8 Å². The van der Waals surface area contributed by atoms with Crippen LogP contribution in [0, 0.1) is 6.92 Å². The average molecular weight is 599 g/mol. The Bertz CT molecular complexity index is 1940. The molecule has 0 radical (unpaired) electrons. The molecule has 6 rings (SSSR count). The van der Waals surface area contributed by atoms with E-state index in [2.05, 4.69) is 26.3 Å². The number of aryl methyl sites for hydroxylation is 3. The lowest BCUT2D eigenvalue weighted by Crippen LogP contribution is -2.12. The van der Waals surface area contributed by atoms with Crippen LogP contribution in [0.5, 0.6) is 5.75 Å². The van der Waals surface area contributed by atoms with E-state index in [9.17, 15) is 14.7 Å². The Balaban J connectivity index is 0.000000211. The smallest absolute Gasteiger partial charge is 0.291 e. The van der Waals surface area contributed by atoms with Crippen LogP contribution in [0.25, 0.3) is 22.0 Å². The molecule has 6 aromatic rings. The summed E-state index contributed by atoms with van der Waals surface area (Å²) in [6, 6.07) is 28.6. The zero-order valence-electron chi connectivity index (χ0n) is 25.2. The maximum Gasteiger partial charge on any atom is 0.291 e. The molecule has 2 aromatic heterocycles. The third-order valence-electron chi connectivity index (χ3n) is 7.28. The first-order chi connectivity index (χ1) is 21.9. The van der Waals surface area contributed by atoms with Crippen molar-refractivity contribution >= 4 is 45.7 Å². The molecule has 226 valence electrons. The van der Waals surface area contributed by atoms with E-state index in [1.54, 1.807) is 30.6 Å². The second-order valence-electron chi connectivity index (χ2n) is 10.8. The summed E-state index contributed by atoms with van der Waals surface area (Å²) < 4.78 is 5.68. The Morgan fingerprint density at radius 3 is 2.56 bits per heavy atom. The molecule has 0 aliphatic heterocycles. The van der Waals surface area contributed by atoms with Crippen LogP contribution in [0.15, 0.2) is 113 Å². The van der Waals surface area contributed by atoms with Crippen molar-refractivity contribution in [2.24, 2.45) is 4.99 Å². The normalized spacial score (nSPS) is 11.2. The first kappa shape index (κ1) is 30.8. The molecule has 0 bridgehead atoms. The van der Waals surface area contributed by atoms with Gasteiger partial charge in [0.05, 0.1) is 11.0 Å². The SMILES string of the molecule is CC(Cc1cccc2nccnc12)=NC=O.Cc1ccc(NC(=O)c2cc3ccccc3o2)c(CCCc2cccc(O)c2)c1. The lowest BCUT2D eigenvalue weighted by atomic mass is 10.0. The molecule has 0 spiro atoms. The molecule has 0 saturated heterocycles. The Morgan fingerprint density at radius 2 is 1.73 bits per heavy atom. The van der Waals surface area contributed by atoms with Gasteiger partial charge in [-0.05, 0) is 86.2 Å². The molecule has 0 aliphatic carbocycles. The number of anilines is 1. The first-order valence-corrected chi connectivity index (χ1v) is 14.7. The number of phenols is 1. The highest BCUT2D eigenvalue weighted by atomic mass is 16.3. The molecule has 8 nitrogen and oxygen atoms in total. The maximum atomic E-state index is 12.7. The van der Waals surface area contributed by atoms with Crippen LogP contribution < -0.4 is 5.32 Å². The van der Waals surface area contributed by atoms with Gasteiger partial charge in [-0.3, -0.25) is 19.6 Å². The minimum atomic E-state index is -0.251. The van der Waals surface area contributed by atoms with Crippen LogP contribution in [0.4, 0.5) is 5.69 Å². The lowest BCUT2D eigenvalue weighted by Gasteiger charge is -2.12. The molecule has 0 unspecified atom stereocenters. The largest absolute Gasteiger partial charge is 0.508 e. The Kier molecular flexibility index (Phi) is 10.1. The number of furan rings is 1. The van der Waals surface area contributed by atoms with E-state index in [4.69, 9.17) is 4.42 Å². The number of carbonyl (C=O) groups is 2. The second-order valence-corrected chi connectivity index (χ2v) is 10.8. The highest BCUT2D eigenvalue weighted by molar-refractivity contribution is 6.05. The molecular formula is C37H34N4O4. The number of hydrogen-bond donors (Lipinski definition) is 2. The number of benzene rings is 4. The summed E-state index contributed by atoms with van der Waals surface area (Å²) in [7, 11) is 0. The zero-order chi connectivity index (χ0) is 31.6. The van der Waals surface area contributed by atoms with E-state index in [1.165, 1.54) is 0 Å². The Labute approximate surface area is 261 Å². The van der Waals surface area contributed by atoms with Crippen molar-refractivity contribution in [2.75, 3.05) is 5.32 Å². The predicted octanol–water partition coefficient (Wildman–Crippen LogP) is 7.66. The number of rotatable bonds is 9. The number of aromatic nitrogens is 2. The minimum Gasteiger partial charge on any atom is -0.508 e. The van der Waals surface area contributed by atoms with Crippen LogP contribution in [-0.4, -0.2) is 33.1 Å². The molecule has 2 amide bonds. The number of para-hydroxylation sites is 2. The molecular weight excluding hydrogens is 564 g/mol. The number of aromatic hydroxyl groups is 1. The summed E-state index contributed by atoms with van der Waals surface area (Å²) in [5.74, 6) is 0.341. The topological polar surface area (TPSA) is 118 Å². The number of nitrogens with one attached hydrogen (secondary N) is 1. The van der Waals surface area contributed by atoms with Crippen molar-refractivity contribution in [2.45, 2.75) is 39.5 Å². The van der Waals surface area contributed by atoms with Crippen molar-refractivity contribution in [3.05, 3.63) is 131 Å². The molecule has 8 heteroatoms. The standard InChI is InChI=1S/C25H23NO3.C12H11N3O/c1-17-12-13-22(19(14-17)9-4-6-18-7-5-10-21(27)15-18)26-25(28)24-16-20-8-2-3-11-23(20)29-24;1-9(15-8-16)7-10-3-2-4-11-12(10)14-6-5-13-11/h2-3,5,7-8,10-16,27H,4,6,9H2,1H3,(H,26,28);2-6,8H,7H2,1H3. The Morgan fingerprint density at radius 1 is 0.911 bits per heavy atom. The predicted molar refractivity (Wildman–Crippen MR) is 178 cm³/mol. The van der Waals surface area contributed by atoms with E-state index in [-0.39, 0.29) is 11.7 Å². The van der Waals surface area contributed by atoms with Crippen LogP contribution in [-0.2, 0) is 24.1 Å². The summed E-state index contributed by atoms with van der Waals surface area (Å²) in [6.45, 7) is 3.87. The fourth-order valence-electron chi connectivity index (χ4n) is 5.13. The monoisotopic (exact) mass is 598 g/mol. The number of fused-ring (bicyclic) bond motifs is 2. The average Bonchev–Trinajstić information content (AvgIpc) is 3.48. The van der Waals surface area contributed by atoms with E-state index < -0.39 is 0 Å². The van der Waals surface area contributed by atoms with Crippen molar-refractivity contribution < 1.29 is 19.1 Å². The van der Waals surface area contributed by atoms with Gasteiger partial charge in [0, 0.05) is 35.6 Å². The summed E-state index contributed by atoms with van der Waals surface area (Å²) in [6.07, 6.45) is 7.12. The van der Waals surface area contributed by atoms with Gasteiger partial charge in [-0.2, -0.15) is 0 Å². The number of amides is 2. The molecule has 0 saturated carbocycles. The van der Waals surface area contributed by atoms with Crippen molar-refractivity contribution in [3.8, 4) is 5.75 Å². The fourth-order valence-corrected chi connectivity index (χ4v) is 5.13. The summed E-state index contributed by atoms with van der Waals surface area (Å²) in [4.78, 5) is 35.2. The van der Waals surface area contributed by atoms with Crippen LogP contribution in [0.2, 0.25) is 0 Å². The molecule has 45 heavy (non-hydrogen) atoms. The van der Waals surface area contributed by atoms with Gasteiger partial charge in [-0.15, -0.1) is 0 Å². The van der Waals surface area contributed by atoms with Crippen molar-refractivity contribution in [1.29, 1.82) is 0 Å².